The molecule has 1 N–H and O–H groups in total. The topological polar surface area (TPSA) is 53.9 Å². The van der Waals surface area contributed by atoms with Crippen molar-refractivity contribution in [1.82, 2.24) is 15.0 Å². The Morgan fingerprint density at radius 3 is 2.54 bits per heavy atom. The van der Waals surface area contributed by atoms with Crippen molar-refractivity contribution in [3.63, 3.8) is 0 Å². The van der Waals surface area contributed by atoms with Gasteiger partial charge in [0.1, 0.15) is 5.82 Å². The van der Waals surface area contributed by atoms with Gasteiger partial charge in [0.15, 0.2) is 0 Å². The van der Waals surface area contributed by atoms with Crippen LogP contribution in [0.4, 0.5) is 11.8 Å². The molecule has 1 aromatic carbocycles. The van der Waals surface area contributed by atoms with Gasteiger partial charge in [0.05, 0.1) is 17.8 Å². The van der Waals surface area contributed by atoms with Crippen LogP contribution in [-0.2, 0) is 6.54 Å². The minimum absolute atomic E-state index is 0. The standard InChI is InChI=1S/C18H19N5.ClH/c1-2-9-16-15(8-1)17(23-11-5-6-12-23)22-18(21-16)20-13-14-7-3-4-10-19-14;/h1-4,7-10H,5-6,11-13H2,(H,20,21,22);1H. The highest BCUT2D eigenvalue weighted by molar-refractivity contribution is 5.90. The van der Waals surface area contributed by atoms with Crippen LogP contribution in [0.25, 0.3) is 10.9 Å². The highest BCUT2D eigenvalue weighted by Gasteiger charge is 2.17. The van der Waals surface area contributed by atoms with Crippen LogP contribution in [0, 0.1) is 0 Å². The van der Waals surface area contributed by atoms with E-state index in [1.807, 2.05) is 36.4 Å². The first kappa shape index (κ1) is 16.5. The van der Waals surface area contributed by atoms with Crippen molar-refractivity contribution in [2.75, 3.05) is 23.3 Å². The molecule has 6 heteroatoms. The van der Waals surface area contributed by atoms with Crippen molar-refractivity contribution in [2.45, 2.75) is 19.4 Å². The molecular formula is C18H20ClN5. The maximum atomic E-state index is 4.77. The van der Waals surface area contributed by atoms with Gasteiger partial charge < -0.3 is 10.2 Å². The molecule has 0 aliphatic carbocycles. The highest BCUT2D eigenvalue weighted by Crippen LogP contribution is 2.27. The summed E-state index contributed by atoms with van der Waals surface area (Å²) in [6.07, 6.45) is 4.26. The van der Waals surface area contributed by atoms with E-state index in [1.54, 1.807) is 6.20 Å². The van der Waals surface area contributed by atoms with Crippen LogP contribution in [-0.4, -0.2) is 28.0 Å². The lowest BCUT2D eigenvalue weighted by Crippen LogP contribution is -2.20. The van der Waals surface area contributed by atoms with Gasteiger partial charge in [-0.2, -0.15) is 4.98 Å². The third-order valence-electron chi connectivity index (χ3n) is 4.14. The van der Waals surface area contributed by atoms with E-state index in [-0.39, 0.29) is 12.4 Å². The molecule has 24 heavy (non-hydrogen) atoms. The lowest BCUT2D eigenvalue weighted by molar-refractivity contribution is 0.931. The first-order valence-corrected chi connectivity index (χ1v) is 8.06. The Morgan fingerprint density at radius 2 is 1.75 bits per heavy atom. The second kappa shape index (κ2) is 7.45. The van der Waals surface area contributed by atoms with Gasteiger partial charge in [0.25, 0.3) is 0 Å². The van der Waals surface area contributed by atoms with E-state index >= 15 is 0 Å². The largest absolute Gasteiger partial charge is 0.356 e. The van der Waals surface area contributed by atoms with Gasteiger partial charge in [0, 0.05) is 24.7 Å². The summed E-state index contributed by atoms with van der Waals surface area (Å²) in [7, 11) is 0. The van der Waals surface area contributed by atoms with Crippen molar-refractivity contribution in [2.24, 2.45) is 0 Å². The summed E-state index contributed by atoms with van der Waals surface area (Å²) in [6, 6.07) is 14.1. The minimum atomic E-state index is 0. The number of fused-ring (bicyclic) bond motifs is 1. The van der Waals surface area contributed by atoms with Crippen molar-refractivity contribution in [1.29, 1.82) is 0 Å². The Kier molecular flexibility index (Phi) is 5.11. The summed E-state index contributed by atoms with van der Waals surface area (Å²) in [5.41, 5.74) is 1.96. The number of hydrogen-bond donors (Lipinski definition) is 1. The number of anilines is 2. The van der Waals surface area contributed by atoms with Gasteiger partial charge in [-0.3, -0.25) is 4.98 Å². The molecule has 3 aromatic rings. The minimum Gasteiger partial charge on any atom is -0.356 e. The van der Waals surface area contributed by atoms with Gasteiger partial charge in [-0.25, -0.2) is 4.98 Å². The summed E-state index contributed by atoms with van der Waals surface area (Å²) in [5, 5.41) is 4.43. The monoisotopic (exact) mass is 341 g/mol. The zero-order valence-corrected chi connectivity index (χ0v) is 14.2. The predicted molar refractivity (Wildman–Crippen MR) is 99.8 cm³/mol. The quantitative estimate of drug-likeness (QED) is 0.784. The molecule has 2 aromatic heterocycles. The van der Waals surface area contributed by atoms with Gasteiger partial charge in [-0.15, -0.1) is 12.4 Å². The number of benzene rings is 1. The second-order valence-electron chi connectivity index (χ2n) is 5.76. The van der Waals surface area contributed by atoms with Crippen LogP contribution in [0.1, 0.15) is 18.5 Å². The van der Waals surface area contributed by atoms with Crippen molar-refractivity contribution >= 4 is 35.1 Å². The molecule has 1 aliphatic rings. The molecule has 0 amide bonds. The van der Waals surface area contributed by atoms with E-state index in [9.17, 15) is 0 Å². The molecule has 124 valence electrons. The molecule has 3 heterocycles. The molecule has 1 aliphatic heterocycles. The number of nitrogens with one attached hydrogen (secondary N) is 1. The number of rotatable bonds is 4. The van der Waals surface area contributed by atoms with Gasteiger partial charge in [-0.05, 0) is 37.1 Å². The molecular weight excluding hydrogens is 322 g/mol. The summed E-state index contributed by atoms with van der Waals surface area (Å²) < 4.78 is 0. The van der Waals surface area contributed by atoms with Crippen molar-refractivity contribution in [3.05, 3.63) is 54.4 Å². The fraction of sp³-hybridized carbons (Fsp3) is 0.278. The lowest BCUT2D eigenvalue weighted by Gasteiger charge is -2.19. The smallest absolute Gasteiger partial charge is 0.225 e. The summed E-state index contributed by atoms with van der Waals surface area (Å²) in [4.78, 5) is 16.1. The number of para-hydroxylation sites is 1. The zero-order chi connectivity index (χ0) is 15.5. The Labute approximate surface area is 147 Å². The Balaban J connectivity index is 0.00000169. The average Bonchev–Trinajstić information content (AvgIpc) is 3.14. The first-order valence-electron chi connectivity index (χ1n) is 8.06. The molecule has 0 unspecified atom stereocenters. The fourth-order valence-corrected chi connectivity index (χ4v) is 2.98. The molecule has 4 rings (SSSR count). The predicted octanol–water partition coefficient (Wildman–Crippen LogP) is 3.66. The maximum absolute atomic E-state index is 4.77. The van der Waals surface area contributed by atoms with E-state index in [2.05, 4.69) is 26.3 Å². The lowest BCUT2D eigenvalue weighted by atomic mass is 10.2. The van der Waals surface area contributed by atoms with Crippen molar-refractivity contribution < 1.29 is 0 Å². The number of aromatic nitrogens is 3. The Morgan fingerprint density at radius 1 is 0.958 bits per heavy atom. The Bertz CT molecular complexity index is 803. The number of hydrogen-bond acceptors (Lipinski definition) is 5. The van der Waals surface area contributed by atoms with E-state index in [0.717, 1.165) is 35.5 Å². The average molecular weight is 342 g/mol. The van der Waals surface area contributed by atoms with E-state index in [0.29, 0.717) is 12.5 Å². The molecule has 0 atom stereocenters. The van der Waals surface area contributed by atoms with Gasteiger partial charge >= 0.3 is 0 Å². The molecule has 1 fully saturated rings. The van der Waals surface area contributed by atoms with Crippen LogP contribution in [0.3, 0.4) is 0 Å². The van der Waals surface area contributed by atoms with Crippen LogP contribution >= 0.6 is 12.4 Å². The molecule has 0 spiro atoms. The van der Waals surface area contributed by atoms with Crippen LogP contribution < -0.4 is 10.2 Å². The molecule has 0 saturated carbocycles. The molecule has 0 radical (unpaired) electrons. The normalized spacial score (nSPS) is 13.8. The highest BCUT2D eigenvalue weighted by atomic mass is 35.5. The van der Waals surface area contributed by atoms with Gasteiger partial charge in [0.2, 0.25) is 5.95 Å². The van der Waals surface area contributed by atoms with Gasteiger partial charge in [-0.1, -0.05) is 18.2 Å². The SMILES string of the molecule is Cl.c1ccc(CNc2nc(N3CCCC3)c3ccccc3n2)nc1. The second-order valence-corrected chi connectivity index (χ2v) is 5.76. The summed E-state index contributed by atoms with van der Waals surface area (Å²) in [6.45, 7) is 2.76. The van der Waals surface area contributed by atoms with E-state index < -0.39 is 0 Å². The van der Waals surface area contributed by atoms with Crippen molar-refractivity contribution in [3.8, 4) is 0 Å². The Hall–Kier alpha value is -2.40. The fourth-order valence-electron chi connectivity index (χ4n) is 2.98. The molecule has 5 nitrogen and oxygen atoms in total. The number of halogens is 1. The van der Waals surface area contributed by atoms with Crippen LogP contribution in [0.5, 0.6) is 0 Å². The van der Waals surface area contributed by atoms with E-state index in [1.165, 1.54) is 12.8 Å². The van der Waals surface area contributed by atoms with E-state index in [4.69, 9.17) is 4.98 Å². The number of pyridine rings is 1. The summed E-state index contributed by atoms with van der Waals surface area (Å²) >= 11 is 0. The zero-order valence-electron chi connectivity index (χ0n) is 13.4. The van der Waals surface area contributed by atoms with Crippen LogP contribution in [0.15, 0.2) is 48.7 Å². The first-order chi connectivity index (χ1) is 11.4. The maximum Gasteiger partial charge on any atom is 0.225 e. The molecule has 1 saturated heterocycles. The third-order valence-corrected chi connectivity index (χ3v) is 4.14. The molecule has 0 bridgehead atoms. The third kappa shape index (κ3) is 3.41. The summed E-state index contributed by atoms with van der Waals surface area (Å²) in [5.74, 6) is 1.70. The number of nitrogens with zero attached hydrogens (tertiary/aromatic N) is 4. The van der Waals surface area contributed by atoms with Crippen LogP contribution in [0.2, 0.25) is 0 Å².